The lowest BCUT2D eigenvalue weighted by Gasteiger charge is -2.12. The average Bonchev–Trinajstić information content (AvgIpc) is 3.94. The first-order chi connectivity index (χ1) is 24.8. The van der Waals surface area contributed by atoms with Gasteiger partial charge in [-0.2, -0.15) is 0 Å². The molecule has 258 valence electrons. The van der Waals surface area contributed by atoms with Crippen LogP contribution in [0.25, 0.3) is 55.2 Å². The van der Waals surface area contributed by atoms with Crippen molar-refractivity contribution in [2.75, 3.05) is 30.8 Å². The number of hydrogen-bond donors (Lipinski definition) is 3. The maximum Gasteiger partial charge on any atom is 0.251 e. The van der Waals surface area contributed by atoms with Gasteiger partial charge < -0.3 is 16.0 Å². The molecule has 0 aliphatic rings. The summed E-state index contributed by atoms with van der Waals surface area (Å²) in [6, 6.07) is 28.0. The largest absolute Gasteiger partial charge is 0.367 e. The van der Waals surface area contributed by atoms with Crippen molar-refractivity contribution in [3.8, 4) is 21.8 Å². The minimum absolute atomic E-state index is 0.0977. The van der Waals surface area contributed by atoms with Gasteiger partial charge in [-0.3, -0.25) is 13.6 Å². The van der Waals surface area contributed by atoms with Gasteiger partial charge in [-0.25, -0.2) is 19.9 Å². The molecule has 0 radical (unpaired) electrons. The number of thiophene rings is 1. The number of nitrogens with one attached hydrogen (secondary N) is 3. The number of amides is 1. The maximum absolute atomic E-state index is 11.8. The summed E-state index contributed by atoms with van der Waals surface area (Å²) < 4.78 is 4.33. The van der Waals surface area contributed by atoms with E-state index in [-0.39, 0.29) is 5.91 Å². The highest BCUT2D eigenvalue weighted by Gasteiger charge is 2.17. The minimum Gasteiger partial charge on any atom is -0.367 e. The molecule has 1 amide bonds. The van der Waals surface area contributed by atoms with Crippen LogP contribution in [-0.4, -0.2) is 54.8 Å². The molecule has 0 spiro atoms. The Balaban J connectivity index is 0.000000162. The smallest absolute Gasteiger partial charge is 0.251 e. The Labute approximate surface area is 300 Å². The summed E-state index contributed by atoms with van der Waals surface area (Å²) in [4.78, 5) is 31.9. The summed E-state index contributed by atoms with van der Waals surface area (Å²) in [5, 5.41) is 11.6. The highest BCUT2D eigenvalue weighted by Crippen LogP contribution is 2.31. The number of nitrogens with zero attached hydrogens (tertiary/aromatic N) is 6. The van der Waals surface area contributed by atoms with Gasteiger partial charge in [0, 0.05) is 31.3 Å². The van der Waals surface area contributed by atoms with Gasteiger partial charge in [0.1, 0.15) is 0 Å². The van der Waals surface area contributed by atoms with E-state index in [0.717, 1.165) is 75.0 Å². The summed E-state index contributed by atoms with van der Waals surface area (Å²) in [5.41, 5.74) is 9.33. The quantitative estimate of drug-likeness (QED) is 0.139. The molecule has 3 aromatic carbocycles. The molecule has 10 nitrogen and oxygen atoms in total. The fourth-order valence-corrected chi connectivity index (χ4v) is 6.66. The van der Waals surface area contributed by atoms with Crippen LogP contribution in [0.15, 0.2) is 103 Å². The van der Waals surface area contributed by atoms with E-state index in [1.807, 2.05) is 79.1 Å². The van der Waals surface area contributed by atoms with Gasteiger partial charge >= 0.3 is 0 Å². The molecular weight excluding hydrogens is 655 g/mol. The number of anilines is 2. The molecule has 8 aromatic rings. The van der Waals surface area contributed by atoms with Crippen molar-refractivity contribution in [3.63, 3.8) is 0 Å². The standard InChI is InChI=1S/C22H23N5O.C18H18N4S/c1-14(2)12-24-20-21-25-13-19(15-8-10-16(11-9-15)22(28)23-3)27(21)18-7-5-4-6-17(18)26-20;1-12(2)10-19-17-18-20-11-15(16-8-5-9-23-16)22(18)14-7-4-3-6-13(14)21-17/h4-11,13-14H,12H2,1-3H3,(H,23,28)(H,24,26);3-9,11-12H,10H2,1-2H3,(H,19,21). The number of benzene rings is 3. The van der Waals surface area contributed by atoms with Gasteiger partial charge in [0.15, 0.2) is 22.9 Å². The van der Waals surface area contributed by atoms with E-state index >= 15 is 0 Å². The molecule has 0 saturated heterocycles. The number of hydrogen-bond acceptors (Lipinski definition) is 8. The predicted octanol–water partition coefficient (Wildman–Crippen LogP) is 8.66. The third-order valence-corrected chi connectivity index (χ3v) is 9.35. The molecule has 0 aliphatic carbocycles. The van der Waals surface area contributed by atoms with Crippen molar-refractivity contribution in [2.24, 2.45) is 11.8 Å². The zero-order chi connectivity index (χ0) is 35.5. The highest BCUT2D eigenvalue weighted by molar-refractivity contribution is 7.13. The summed E-state index contributed by atoms with van der Waals surface area (Å²) in [6.45, 7) is 10.4. The number of imidazole rings is 2. The first kappa shape index (κ1) is 33.7. The van der Waals surface area contributed by atoms with Crippen LogP contribution in [0.2, 0.25) is 0 Å². The van der Waals surface area contributed by atoms with Crippen LogP contribution in [0.5, 0.6) is 0 Å². The normalized spacial score (nSPS) is 11.4. The van der Waals surface area contributed by atoms with E-state index in [2.05, 4.69) is 86.0 Å². The van der Waals surface area contributed by atoms with Crippen molar-refractivity contribution in [1.29, 1.82) is 0 Å². The van der Waals surface area contributed by atoms with Crippen molar-refractivity contribution >= 4 is 62.2 Å². The van der Waals surface area contributed by atoms with Crippen molar-refractivity contribution in [1.82, 2.24) is 34.1 Å². The fraction of sp³-hybridized carbons (Fsp3) is 0.225. The molecule has 0 atom stereocenters. The van der Waals surface area contributed by atoms with E-state index < -0.39 is 0 Å². The molecule has 0 saturated carbocycles. The summed E-state index contributed by atoms with van der Waals surface area (Å²) in [6.07, 6.45) is 3.80. The Bertz CT molecular complexity index is 2440. The first-order valence-corrected chi connectivity index (χ1v) is 18.1. The number of carbonyl (C=O) groups is 1. The number of fused-ring (bicyclic) bond motifs is 6. The third kappa shape index (κ3) is 6.85. The molecule has 5 heterocycles. The van der Waals surface area contributed by atoms with E-state index in [0.29, 0.717) is 17.4 Å². The second-order valence-electron chi connectivity index (χ2n) is 13.2. The van der Waals surface area contributed by atoms with Gasteiger partial charge in [0.25, 0.3) is 5.91 Å². The molecule has 8 rings (SSSR count). The zero-order valence-corrected chi connectivity index (χ0v) is 30.2. The lowest BCUT2D eigenvalue weighted by Crippen LogP contribution is -2.17. The Morgan fingerprint density at radius 1 is 0.686 bits per heavy atom. The van der Waals surface area contributed by atoms with Crippen molar-refractivity contribution in [3.05, 3.63) is 108 Å². The molecule has 5 aromatic heterocycles. The SMILES string of the molecule is CC(C)CNc1nc2ccccc2n2c(-c3cccs3)cnc12.CNC(=O)c1ccc(-c2cnc3c(NCC(C)C)nc4ccccc4n23)cc1. The van der Waals surface area contributed by atoms with Crippen molar-refractivity contribution in [2.45, 2.75) is 27.7 Å². The van der Waals surface area contributed by atoms with Gasteiger partial charge in [0.2, 0.25) is 0 Å². The van der Waals surface area contributed by atoms with Crippen LogP contribution >= 0.6 is 11.3 Å². The fourth-order valence-electron chi connectivity index (χ4n) is 5.94. The Morgan fingerprint density at radius 2 is 1.22 bits per heavy atom. The highest BCUT2D eigenvalue weighted by atomic mass is 32.1. The number of aromatic nitrogens is 6. The topological polar surface area (TPSA) is 114 Å². The van der Waals surface area contributed by atoms with Crippen LogP contribution in [0.4, 0.5) is 11.6 Å². The van der Waals surface area contributed by atoms with E-state index in [1.165, 1.54) is 4.88 Å². The number of rotatable bonds is 9. The van der Waals surface area contributed by atoms with Crippen molar-refractivity contribution < 1.29 is 4.79 Å². The Kier molecular flexibility index (Phi) is 9.63. The van der Waals surface area contributed by atoms with Crippen LogP contribution in [-0.2, 0) is 0 Å². The second-order valence-corrected chi connectivity index (χ2v) is 14.1. The Morgan fingerprint density at radius 3 is 1.73 bits per heavy atom. The number of para-hydroxylation sites is 4. The molecule has 0 bridgehead atoms. The predicted molar refractivity (Wildman–Crippen MR) is 210 cm³/mol. The summed E-state index contributed by atoms with van der Waals surface area (Å²) >= 11 is 1.73. The van der Waals surface area contributed by atoms with Crippen LogP contribution in [0.3, 0.4) is 0 Å². The lowest BCUT2D eigenvalue weighted by atomic mass is 10.1. The van der Waals surface area contributed by atoms with E-state index in [1.54, 1.807) is 18.4 Å². The van der Waals surface area contributed by atoms with Gasteiger partial charge in [0.05, 0.1) is 50.7 Å². The van der Waals surface area contributed by atoms with Gasteiger partial charge in [-0.1, -0.05) is 70.2 Å². The van der Waals surface area contributed by atoms with Crippen LogP contribution < -0.4 is 16.0 Å². The lowest BCUT2D eigenvalue weighted by molar-refractivity contribution is 0.0963. The molecule has 51 heavy (non-hydrogen) atoms. The van der Waals surface area contributed by atoms with Gasteiger partial charge in [-0.05, 0) is 59.7 Å². The second kappa shape index (κ2) is 14.6. The molecule has 11 heteroatoms. The zero-order valence-electron chi connectivity index (χ0n) is 29.4. The minimum atomic E-state index is -0.0977. The van der Waals surface area contributed by atoms with E-state index in [9.17, 15) is 4.79 Å². The van der Waals surface area contributed by atoms with Crippen LogP contribution in [0.1, 0.15) is 38.1 Å². The van der Waals surface area contributed by atoms with E-state index in [4.69, 9.17) is 9.97 Å². The molecule has 3 N–H and O–H groups in total. The maximum atomic E-state index is 11.8. The first-order valence-electron chi connectivity index (χ1n) is 17.2. The molecule has 0 unspecified atom stereocenters. The third-order valence-electron chi connectivity index (χ3n) is 8.46. The Hall–Kier alpha value is -5.81. The molecule has 0 fully saturated rings. The van der Waals surface area contributed by atoms with Crippen LogP contribution in [0, 0.1) is 11.8 Å². The summed E-state index contributed by atoms with van der Waals surface area (Å²) in [5.74, 6) is 2.58. The number of carbonyl (C=O) groups excluding carboxylic acids is 1. The summed E-state index contributed by atoms with van der Waals surface area (Å²) in [7, 11) is 1.63. The molecule has 0 aliphatic heterocycles. The monoisotopic (exact) mass is 695 g/mol. The van der Waals surface area contributed by atoms with Gasteiger partial charge in [-0.15, -0.1) is 11.3 Å². The average molecular weight is 696 g/mol. The molecular formula is C40H41N9OS.